The number of hydrogen-bond acceptors (Lipinski definition) is 5. The van der Waals surface area contributed by atoms with Crippen molar-refractivity contribution in [1.29, 1.82) is 0 Å². The first-order valence-corrected chi connectivity index (χ1v) is 7.30. The van der Waals surface area contributed by atoms with Crippen LogP contribution in [0.3, 0.4) is 0 Å². The summed E-state index contributed by atoms with van der Waals surface area (Å²) in [6.07, 6.45) is 6.31. The highest BCUT2D eigenvalue weighted by atomic mass is 16.5. The molecule has 5 nitrogen and oxygen atoms in total. The van der Waals surface area contributed by atoms with E-state index in [1.54, 1.807) is 0 Å². The van der Waals surface area contributed by atoms with Crippen LogP contribution >= 0.6 is 0 Å². The van der Waals surface area contributed by atoms with Gasteiger partial charge in [0.1, 0.15) is 0 Å². The summed E-state index contributed by atoms with van der Waals surface area (Å²) in [5, 5.41) is 4.05. The molecule has 2 N–H and O–H groups in total. The van der Waals surface area contributed by atoms with Crippen molar-refractivity contribution in [3.63, 3.8) is 0 Å². The molecule has 2 rings (SSSR count). The average Bonchev–Trinajstić information content (AvgIpc) is 2.87. The van der Waals surface area contributed by atoms with E-state index in [0.717, 1.165) is 37.5 Å². The van der Waals surface area contributed by atoms with Gasteiger partial charge in [0.05, 0.1) is 5.54 Å². The Hall–Kier alpha value is -0.940. The van der Waals surface area contributed by atoms with Crippen molar-refractivity contribution in [2.75, 3.05) is 20.6 Å². The van der Waals surface area contributed by atoms with Crippen molar-refractivity contribution in [1.82, 2.24) is 15.0 Å². The Labute approximate surface area is 115 Å². The van der Waals surface area contributed by atoms with E-state index in [1.165, 1.54) is 19.3 Å². The Morgan fingerprint density at radius 3 is 2.63 bits per heavy atom. The minimum Gasteiger partial charge on any atom is -0.337 e. The largest absolute Gasteiger partial charge is 0.337 e. The minimum atomic E-state index is -0.394. The van der Waals surface area contributed by atoms with E-state index in [-0.39, 0.29) is 0 Å². The maximum atomic E-state index is 6.46. The Kier molecular flexibility index (Phi) is 4.58. The maximum absolute atomic E-state index is 6.46. The van der Waals surface area contributed by atoms with E-state index < -0.39 is 5.54 Å². The molecule has 0 saturated heterocycles. The summed E-state index contributed by atoms with van der Waals surface area (Å²) >= 11 is 0. The van der Waals surface area contributed by atoms with E-state index in [9.17, 15) is 0 Å². The summed E-state index contributed by atoms with van der Waals surface area (Å²) in [5.41, 5.74) is 6.07. The molecule has 108 valence electrons. The van der Waals surface area contributed by atoms with E-state index in [1.807, 2.05) is 14.1 Å². The highest BCUT2D eigenvalue weighted by molar-refractivity contribution is 5.04. The van der Waals surface area contributed by atoms with Crippen LogP contribution in [0.25, 0.3) is 0 Å². The molecule has 5 heteroatoms. The van der Waals surface area contributed by atoms with Crippen molar-refractivity contribution < 1.29 is 4.52 Å². The topological polar surface area (TPSA) is 68.2 Å². The van der Waals surface area contributed by atoms with Crippen LogP contribution in [0.4, 0.5) is 0 Å². The summed E-state index contributed by atoms with van der Waals surface area (Å²) in [4.78, 5) is 6.61. The van der Waals surface area contributed by atoms with Gasteiger partial charge in [-0.1, -0.05) is 18.5 Å². The molecule has 0 unspecified atom stereocenters. The zero-order valence-corrected chi connectivity index (χ0v) is 12.4. The molecule has 0 aromatic carbocycles. The van der Waals surface area contributed by atoms with Crippen LogP contribution in [0.15, 0.2) is 4.52 Å². The van der Waals surface area contributed by atoms with E-state index >= 15 is 0 Å². The van der Waals surface area contributed by atoms with Crippen molar-refractivity contribution >= 4 is 0 Å². The third kappa shape index (κ3) is 3.54. The predicted molar refractivity (Wildman–Crippen MR) is 74.7 cm³/mol. The normalized spacial score (nSPS) is 27.9. The van der Waals surface area contributed by atoms with Crippen LogP contribution in [0.2, 0.25) is 0 Å². The smallest absolute Gasteiger partial charge is 0.246 e. The number of hydrogen-bond donors (Lipinski definition) is 1. The van der Waals surface area contributed by atoms with E-state index in [2.05, 4.69) is 22.0 Å². The SMILES string of the molecule is CCC1CCC(N)(c2nc(CCN(C)C)no2)CC1. The van der Waals surface area contributed by atoms with Crippen molar-refractivity contribution in [2.45, 2.75) is 51.0 Å². The maximum Gasteiger partial charge on any atom is 0.246 e. The molecular formula is C14H26N4O. The summed E-state index contributed by atoms with van der Waals surface area (Å²) in [6.45, 7) is 3.18. The van der Waals surface area contributed by atoms with Gasteiger partial charge in [-0.2, -0.15) is 4.98 Å². The molecule has 0 atom stereocenters. The zero-order valence-electron chi connectivity index (χ0n) is 12.4. The fourth-order valence-electron chi connectivity index (χ4n) is 2.70. The summed E-state index contributed by atoms with van der Waals surface area (Å²) in [7, 11) is 4.08. The molecule has 1 aromatic heterocycles. The molecule has 1 saturated carbocycles. The van der Waals surface area contributed by atoms with Crippen LogP contribution < -0.4 is 5.73 Å². The summed E-state index contributed by atoms with van der Waals surface area (Å²) in [6, 6.07) is 0. The molecule has 0 spiro atoms. The van der Waals surface area contributed by atoms with Crippen molar-refractivity contribution in [2.24, 2.45) is 11.7 Å². The lowest BCUT2D eigenvalue weighted by Gasteiger charge is -2.33. The van der Waals surface area contributed by atoms with Gasteiger partial charge in [0.15, 0.2) is 5.82 Å². The third-order valence-electron chi connectivity index (χ3n) is 4.25. The molecule has 0 aliphatic heterocycles. The van der Waals surface area contributed by atoms with Gasteiger partial charge < -0.3 is 15.2 Å². The third-order valence-corrected chi connectivity index (χ3v) is 4.25. The summed E-state index contributed by atoms with van der Waals surface area (Å²) < 4.78 is 5.40. The van der Waals surface area contributed by atoms with Crippen LogP contribution in [-0.2, 0) is 12.0 Å². The first-order valence-electron chi connectivity index (χ1n) is 7.30. The first kappa shape index (κ1) is 14.5. The Bertz CT molecular complexity index is 394. The van der Waals surface area contributed by atoms with Gasteiger partial charge in [0.2, 0.25) is 5.89 Å². The molecule has 1 aliphatic rings. The summed E-state index contributed by atoms with van der Waals surface area (Å²) in [5.74, 6) is 2.22. The fraction of sp³-hybridized carbons (Fsp3) is 0.857. The van der Waals surface area contributed by atoms with Crippen LogP contribution in [0, 0.1) is 5.92 Å². The fourth-order valence-corrected chi connectivity index (χ4v) is 2.70. The Balaban J connectivity index is 1.97. The quantitative estimate of drug-likeness (QED) is 0.882. The van der Waals surface area contributed by atoms with Gasteiger partial charge in [-0.25, -0.2) is 0 Å². The molecule has 0 bridgehead atoms. The standard InChI is InChI=1S/C14H26N4O/c1-4-11-5-8-14(15,9-6-11)13-16-12(17-19-13)7-10-18(2)3/h11H,4-10,15H2,1-3H3. The van der Waals surface area contributed by atoms with Crippen molar-refractivity contribution in [3.8, 4) is 0 Å². The minimum absolute atomic E-state index is 0.394. The Morgan fingerprint density at radius 1 is 1.37 bits per heavy atom. The number of likely N-dealkylation sites (N-methyl/N-ethyl adjacent to an activating group) is 1. The second-order valence-corrected chi connectivity index (χ2v) is 6.08. The zero-order chi connectivity index (χ0) is 13.9. The molecular weight excluding hydrogens is 240 g/mol. The lowest BCUT2D eigenvalue weighted by atomic mass is 9.76. The Morgan fingerprint density at radius 2 is 2.05 bits per heavy atom. The van der Waals surface area contributed by atoms with Gasteiger partial charge in [-0.15, -0.1) is 0 Å². The molecule has 1 heterocycles. The van der Waals surface area contributed by atoms with Crippen LogP contribution in [0.5, 0.6) is 0 Å². The highest BCUT2D eigenvalue weighted by Gasteiger charge is 2.37. The lowest BCUT2D eigenvalue weighted by Crippen LogP contribution is -2.40. The van der Waals surface area contributed by atoms with Gasteiger partial charge in [-0.05, 0) is 45.7 Å². The van der Waals surface area contributed by atoms with Gasteiger partial charge in [0.25, 0.3) is 0 Å². The molecule has 0 amide bonds. The average molecular weight is 266 g/mol. The number of rotatable bonds is 5. The van der Waals surface area contributed by atoms with Gasteiger partial charge in [0, 0.05) is 13.0 Å². The molecule has 1 aromatic rings. The highest BCUT2D eigenvalue weighted by Crippen LogP contribution is 2.37. The van der Waals surface area contributed by atoms with Crippen LogP contribution in [0.1, 0.15) is 50.7 Å². The molecule has 1 fully saturated rings. The predicted octanol–water partition coefficient (Wildman–Crippen LogP) is 1.93. The second-order valence-electron chi connectivity index (χ2n) is 6.08. The number of nitrogens with two attached hydrogens (primary N) is 1. The first-order chi connectivity index (χ1) is 9.03. The van der Waals surface area contributed by atoms with Crippen LogP contribution in [-0.4, -0.2) is 35.7 Å². The molecule has 1 aliphatic carbocycles. The monoisotopic (exact) mass is 266 g/mol. The second kappa shape index (κ2) is 6.01. The van der Waals surface area contributed by atoms with Gasteiger partial charge in [-0.3, -0.25) is 0 Å². The lowest BCUT2D eigenvalue weighted by molar-refractivity contribution is 0.181. The molecule has 19 heavy (non-hydrogen) atoms. The van der Waals surface area contributed by atoms with Gasteiger partial charge >= 0.3 is 0 Å². The molecule has 0 radical (unpaired) electrons. The van der Waals surface area contributed by atoms with E-state index in [4.69, 9.17) is 10.3 Å². The number of aromatic nitrogens is 2. The van der Waals surface area contributed by atoms with E-state index in [0.29, 0.717) is 5.89 Å². The number of nitrogens with zero attached hydrogens (tertiary/aromatic N) is 3. The van der Waals surface area contributed by atoms with Crippen molar-refractivity contribution in [3.05, 3.63) is 11.7 Å².